The van der Waals surface area contributed by atoms with E-state index < -0.39 is 23.5 Å². The first kappa shape index (κ1) is 33.4. The van der Waals surface area contributed by atoms with Gasteiger partial charge >= 0.3 is 6.09 Å². The number of rotatable bonds is 10. The molecule has 5 N–H and O–H groups in total. The summed E-state index contributed by atoms with van der Waals surface area (Å²) in [6.07, 6.45) is 2.86. The predicted molar refractivity (Wildman–Crippen MR) is 181 cm³/mol. The summed E-state index contributed by atoms with van der Waals surface area (Å²) in [5.74, 6) is 0.0712. The zero-order valence-electron chi connectivity index (χ0n) is 27.9. The van der Waals surface area contributed by atoms with Crippen LogP contribution in [-0.4, -0.2) is 82.9 Å². The number of fused-ring (bicyclic) bond motifs is 3. The SMILES string of the molecule is COc1cc(C(=O)NC2CCN(C)CC2)ccc1Nc1ncc2c(n1)-c1noc(C(=O)N[C@H](CNC(=O)O)c3ccccc3)c1C(C)(C)C2. The van der Waals surface area contributed by atoms with Crippen molar-refractivity contribution in [1.82, 2.24) is 36.0 Å². The molecule has 0 saturated carbocycles. The van der Waals surface area contributed by atoms with Crippen LogP contribution >= 0.6 is 0 Å². The minimum Gasteiger partial charge on any atom is -0.495 e. The molecular formula is C35H40N8O6. The highest BCUT2D eigenvalue weighted by Gasteiger charge is 2.41. The van der Waals surface area contributed by atoms with Crippen LogP contribution in [0.2, 0.25) is 0 Å². The predicted octanol–water partition coefficient (Wildman–Crippen LogP) is 4.28. The van der Waals surface area contributed by atoms with E-state index in [1.807, 2.05) is 44.2 Å². The summed E-state index contributed by atoms with van der Waals surface area (Å²) in [4.78, 5) is 49.5. The molecule has 6 rings (SSSR count). The minimum absolute atomic E-state index is 0.0332. The summed E-state index contributed by atoms with van der Waals surface area (Å²) in [7, 11) is 3.61. The third-order valence-corrected chi connectivity index (χ3v) is 9.02. The zero-order valence-corrected chi connectivity index (χ0v) is 27.9. The Morgan fingerprint density at radius 1 is 1.08 bits per heavy atom. The van der Waals surface area contributed by atoms with E-state index in [1.165, 1.54) is 7.11 Å². The van der Waals surface area contributed by atoms with E-state index in [0.717, 1.165) is 37.1 Å². The van der Waals surface area contributed by atoms with Gasteiger partial charge in [0.05, 0.1) is 18.8 Å². The molecule has 4 aromatic rings. The monoisotopic (exact) mass is 668 g/mol. The Labute approximate surface area is 283 Å². The minimum atomic E-state index is -1.20. The summed E-state index contributed by atoms with van der Waals surface area (Å²) in [6.45, 7) is 5.83. The number of amides is 3. The average Bonchev–Trinajstić information content (AvgIpc) is 3.56. The van der Waals surface area contributed by atoms with Gasteiger partial charge in [0.25, 0.3) is 11.8 Å². The number of piperidine rings is 1. The van der Waals surface area contributed by atoms with Crippen LogP contribution in [0.1, 0.15) is 70.3 Å². The van der Waals surface area contributed by atoms with Crippen molar-refractivity contribution < 1.29 is 28.8 Å². The van der Waals surface area contributed by atoms with Gasteiger partial charge in [-0.1, -0.05) is 49.3 Å². The number of carboxylic acid groups (broad SMARTS) is 1. The molecule has 14 nitrogen and oxygen atoms in total. The van der Waals surface area contributed by atoms with Gasteiger partial charge in [-0.05, 0) is 68.7 Å². The number of methoxy groups -OCH3 is 1. The van der Waals surface area contributed by atoms with E-state index in [4.69, 9.17) is 14.2 Å². The van der Waals surface area contributed by atoms with Crippen LogP contribution in [0.15, 0.2) is 59.3 Å². The molecule has 0 spiro atoms. The van der Waals surface area contributed by atoms with E-state index in [0.29, 0.717) is 40.4 Å². The van der Waals surface area contributed by atoms with Crippen LogP contribution in [-0.2, 0) is 11.8 Å². The number of nitrogens with one attached hydrogen (secondary N) is 4. The molecule has 14 heteroatoms. The number of aromatic nitrogens is 3. The smallest absolute Gasteiger partial charge is 0.404 e. The van der Waals surface area contributed by atoms with Crippen molar-refractivity contribution in [2.24, 2.45) is 0 Å². The quantitative estimate of drug-likeness (QED) is 0.163. The molecule has 49 heavy (non-hydrogen) atoms. The number of carbonyl (C=O) groups is 3. The fourth-order valence-corrected chi connectivity index (χ4v) is 6.43. The Hall–Kier alpha value is -5.50. The van der Waals surface area contributed by atoms with Gasteiger partial charge in [0.1, 0.15) is 17.1 Å². The van der Waals surface area contributed by atoms with E-state index in [1.54, 1.807) is 24.4 Å². The molecular weight excluding hydrogens is 628 g/mol. The maximum absolute atomic E-state index is 13.7. The Morgan fingerprint density at radius 2 is 1.84 bits per heavy atom. The standard InChI is InChI=1S/C35H40N8O6/c1-35(2)17-22-18-36-33(40-24-11-10-21(16-26(24)48-4)31(44)38-23-12-14-43(3)15-13-23)41-28(22)29-27(35)30(49-42-29)32(45)39-25(19-37-34(46)47)20-8-6-5-7-9-20/h5-11,16,18,23,25,37H,12-15,17,19H2,1-4H3,(H,38,44)(H,39,45)(H,46,47)(H,36,40,41)/t25-/m1/s1. The van der Waals surface area contributed by atoms with Crippen LogP contribution in [0.5, 0.6) is 5.75 Å². The molecule has 3 amide bonds. The summed E-state index contributed by atoms with van der Waals surface area (Å²) >= 11 is 0. The fourth-order valence-electron chi connectivity index (χ4n) is 6.43. The first-order chi connectivity index (χ1) is 23.5. The van der Waals surface area contributed by atoms with Gasteiger partial charge in [0.2, 0.25) is 11.7 Å². The number of nitrogens with zero attached hydrogens (tertiary/aromatic N) is 4. The van der Waals surface area contributed by atoms with Gasteiger partial charge in [-0.2, -0.15) is 0 Å². The molecule has 1 aliphatic carbocycles. The second-order valence-electron chi connectivity index (χ2n) is 13.1. The van der Waals surface area contributed by atoms with Crippen molar-refractivity contribution in [3.8, 4) is 17.1 Å². The van der Waals surface area contributed by atoms with E-state index in [9.17, 15) is 19.5 Å². The lowest BCUT2D eigenvalue weighted by atomic mass is 9.73. The van der Waals surface area contributed by atoms with Crippen molar-refractivity contribution in [3.05, 3.63) is 82.7 Å². The zero-order chi connectivity index (χ0) is 34.7. The number of carbonyl (C=O) groups excluding carboxylic acids is 2. The van der Waals surface area contributed by atoms with Gasteiger partial charge in [0, 0.05) is 35.3 Å². The highest BCUT2D eigenvalue weighted by Crippen LogP contribution is 2.44. The molecule has 0 bridgehead atoms. The Morgan fingerprint density at radius 3 is 2.55 bits per heavy atom. The molecule has 0 radical (unpaired) electrons. The number of likely N-dealkylation sites (tertiary alicyclic amines) is 1. The van der Waals surface area contributed by atoms with Crippen molar-refractivity contribution in [2.45, 2.75) is 50.6 Å². The Bertz CT molecular complexity index is 1850. The molecule has 2 aromatic carbocycles. The van der Waals surface area contributed by atoms with E-state index >= 15 is 0 Å². The van der Waals surface area contributed by atoms with Crippen molar-refractivity contribution >= 4 is 29.5 Å². The highest BCUT2D eigenvalue weighted by atomic mass is 16.5. The average molecular weight is 669 g/mol. The van der Waals surface area contributed by atoms with Crippen molar-refractivity contribution in [3.63, 3.8) is 0 Å². The van der Waals surface area contributed by atoms with Gasteiger partial charge in [0.15, 0.2) is 0 Å². The number of anilines is 2. The maximum Gasteiger partial charge on any atom is 0.404 e. The summed E-state index contributed by atoms with van der Waals surface area (Å²) in [5.41, 5.74) is 3.61. The normalized spacial score (nSPS) is 16.1. The summed E-state index contributed by atoms with van der Waals surface area (Å²) in [5, 5.41) is 25.1. The highest BCUT2D eigenvalue weighted by molar-refractivity contribution is 5.96. The second-order valence-corrected chi connectivity index (χ2v) is 13.1. The van der Waals surface area contributed by atoms with E-state index in [-0.39, 0.29) is 30.2 Å². The van der Waals surface area contributed by atoms with Crippen molar-refractivity contribution in [1.29, 1.82) is 0 Å². The van der Waals surface area contributed by atoms with Crippen LogP contribution in [0.3, 0.4) is 0 Å². The summed E-state index contributed by atoms with van der Waals surface area (Å²) in [6, 6.07) is 13.7. The van der Waals surface area contributed by atoms with Gasteiger partial charge in [-0.3, -0.25) is 9.59 Å². The number of ether oxygens (including phenoxy) is 1. The number of benzene rings is 2. The van der Waals surface area contributed by atoms with Gasteiger partial charge in [-0.25, -0.2) is 14.8 Å². The molecule has 1 atom stereocenters. The molecule has 0 unspecified atom stereocenters. The Balaban J connectivity index is 1.23. The molecule has 2 aliphatic rings. The lowest BCUT2D eigenvalue weighted by Crippen LogP contribution is -2.43. The van der Waals surface area contributed by atoms with E-state index in [2.05, 4.69) is 43.4 Å². The largest absolute Gasteiger partial charge is 0.495 e. The lowest BCUT2D eigenvalue weighted by molar-refractivity contribution is 0.0892. The van der Waals surface area contributed by atoms with Crippen LogP contribution < -0.4 is 26.0 Å². The molecule has 1 aliphatic heterocycles. The number of hydrogen-bond acceptors (Lipinski definition) is 10. The third kappa shape index (κ3) is 7.33. The van der Waals surface area contributed by atoms with Crippen LogP contribution in [0, 0.1) is 0 Å². The van der Waals surface area contributed by atoms with Crippen molar-refractivity contribution in [2.75, 3.05) is 39.1 Å². The van der Waals surface area contributed by atoms with Crippen LogP contribution in [0.4, 0.5) is 16.4 Å². The maximum atomic E-state index is 13.7. The third-order valence-electron chi connectivity index (χ3n) is 9.02. The van der Waals surface area contributed by atoms with Crippen LogP contribution in [0.25, 0.3) is 11.4 Å². The number of hydrogen-bond donors (Lipinski definition) is 5. The lowest BCUT2D eigenvalue weighted by Gasteiger charge is -2.30. The van der Waals surface area contributed by atoms with Gasteiger partial charge in [-0.15, -0.1) is 0 Å². The molecule has 2 aromatic heterocycles. The first-order valence-corrected chi connectivity index (χ1v) is 16.2. The molecule has 3 heterocycles. The molecule has 1 fully saturated rings. The first-order valence-electron chi connectivity index (χ1n) is 16.2. The van der Waals surface area contributed by atoms with Gasteiger partial charge < -0.3 is 40.5 Å². The molecule has 256 valence electrons. The Kier molecular flexibility index (Phi) is 9.49. The topological polar surface area (TPSA) is 184 Å². The second kappa shape index (κ2) is 13.9. The summed E-state index contributed by atoms with van der Waals surface area (Å²) < 4.78 is 11.3. The fraction of sp³-hybridized carbons (Fsp3) is 0.371. The molecule has 1 saturated heterocycles.